The van der Waals surface area contributed by atoms with Crippen molar-refractivity contribution in [2.75, 3.05) is 57.3 Å². The lowest BCUT2D eigenvalue weighted by Crippen LogP contribution is -2.51. The second-order valence-electron chi connectivity index (χ2n) is 12.1. The maximum Gasteiger partial charge on any atom is 0.410 e. The topological polar surface area (TPSA) is 97.6 Å². The molecule has 2 saturated heterocycles. The number of pyridine rings is 1. The highest BCUT2D eigenvalue weighted by atomic mass is 16.6. The highest BCUT2D eigenvalue weighted by Crippen LogP contribution is 2.35. The van der Waals surface area contributed by atoms with Crippen LogP contribution in [0.1, 0.15) is 31.7 Å². The van der Waals surface area contributed by atoms with Crippen molar-refractivity contribution in [3.8, 4) is 17.0 Å². The molecule has 1 aliphatic carbocycles. The fraction of sp³-hybridized carbons (Fsp3) is 0.455. The number of ether oxygens (including phenoxy) is 3. The lowest BCUT2D eigenvalue weighted by Gasteiger charge is -2.36. The molecule has 1 amide bonds. The number of carbonyl (C=O) groups is 1. The van der Waals surface area contributed by atoms with Crippen LogP contribution in [-0.2, 0) is 16.1 Å². The van der Waals surface area contributed by atoms with Crippen LogP contribution in [0, 0.1) is 0 Å². The van der Waals surface area contributed by atoms with Gasteiger partial charge in [-0.2, -0.15) is 5.10 Å². The molecule has 11 nitrogen and oxygen atoms in total. The lowest BCUT2D eigenvalue weighted by atomic mass is 10.1. The van der Waals surface area contributed by atoms with E-state index in [4.69, 9.17) is 19.2 Å². The number of rotatable bonds is 10. The van der Waals surface area contributed by atoms with E-state index >= 15 is 0 Å². The van der Waals surface area contributed by atoms with E-state index in [0.29, 0.717) is 45.3 Å². The van der Waals surface area contributed by atoms with E-state index in [2.05, 4.69) is 32.0 Å². The molecular weight excluding hydrogens is 558 g/mol. The Labute approximate surface area is 257 Å². The minimum atomic E-state index is -0.493. The van der Waals surface area contributed by atoms with Gasteiger partial charge in [-0.15, -0.1) is 0 Å². The highest BCUT2D eigenvalue weighted by Gasteiger charge is 2.38. The maximum absolute atomic E-state index is 13.2. The number of aromatic nitrogens is 4. The molecule has 0 unspecified atom stereocenters. The first-order valence-electron chi connectivity index (χ1n) is 15.6. The van der Waals surface area contributed by atoms with E-state index in [1.807, 2.05) is 60.6 Å². The molecule has 0 spiro atoms. The number of likely N-dealkylation sites (tertiary alicyclic amines) is 1. The standard InChI is InChI=1S/C33H39N7O4/c1-33(12-15-37(24-33)20-21-42-23-25-6-3-2-4-7-25)44-32(41)39-18-16-38(17-19-39)29-11-14-40-30(36-29)28(22-35-40)27-8-5-13-34-31(27)43-26-9-10-26/h2-8,11,13-14,22,26H,9-10,12,15-21,23-24H2,1H3/t33-/m1/s1. The average molecular weight is 598 g/mol. The van der Waals surface area contributed by atoms with Crippen molar-refractivity contribution < 1.29 is 19.0 Å². The first kappa shape index (κ1) is 28.5. The number of nitrogens with zero attached hydrogens (tertiary/aromatic N) is 7. The predicted octanol–water partition coefficient (Wildman–Crippen LogP) is 4.27. The Morgan fingerprint density at radius 3 is 2.66 bits per heavy atom. The van der Waals surface area contributed by atoms with Crippen LogP contribution in [0.25, 0.3) is 16.8 Å². The summed E-state index contributed by atoms with van der Waals surface area (Å²) >= 11 is 0. The van der Waals surface area contributed by atoms with Gasteiger partial charge in [-0.05, 0) is 43.5 Å². The molecule has 4 aromatic rings. The molecule has 0 bridgehead atoms. The summed E-state index contributed by atoms with van der Waals surface area (Å²) in [5.41, 5.74) is 3.22. The summed E-state index contributed by atoms with van der Waals surface area (Å²) < 4.78 is 19.8. The fourth-order valence-corrected chi connectivity index (χ4v) is 5.91. The Bertz CT molecular complexity index is 1590. The van der Waals surface area contributed by atoms with Crippen LogP contribution in [0.5, 0.6) is 5.88 Å². The molecule has 3 fully saturated rings. The molecule has 0 radical (unpaired) electrons. The molecular formula is C33H39N7O4. The SMILES string of the molecule is C[C@@]1(OC(=O)N2CCN(c3ccn4ncc(-c5cccnc5OC5CC5)c4n3)CC2)CCN(CCOCc2ccccc2)C1. The molecule has 3 aliphatic rings. The van der Waals surface area contributed by atoms with Gasteiger partial charge in [-0.1, -0.05) is 30.3 Å². The Balaban J connectivity index is 0.917. The molecule has 1 atom stereocenters. The van der Waals surface area contributed by atoms with Gasteiger partial charge in [0.25, 0.3) is 0 Å². The van der Waals surface area contributed by atoms with Crippen LogP contribution < -0.4 is 9.64 Å². The number of hydrogen-bond donors (Lipinski definition) is 0. The molecule has 230 valence electrons. The van der Waals surface area contributed by atoms with Crippen LogP contribution in [0.2, 0.25) is 0 Å². The smallest absolute Gasteiger partial charge is 0.410 e. The number of carbonyl (C=O) groups excluding carboxylic acids is 1. The van der Waals surface area contributed by atoms with E-state index in [9.17, 15) is 4.79 Å². The molecule has 1 aromatic carbocycles. The van der Waals surface area contributed by atoms with Crippen molar-refractivity contribution in [2.24, 2.45) is 0 Å². The Morgan fingerprint density at radius 1 is 1.00 bits per heavy atom. The van der Waals surface area contributed by atoms with Crippen molar-refractivity contribution in [2.45, 2.75) is 44.5 Å². The monoisotopic (exact) mass is 597 g/mol. The normalized spacial score (nSPS) is 20.8. The maximum atomic E-state index is 13.2. The number of hydrogen-bond acceptors (Lipinski definition) is 9. The summed E-state index contributed by atoms with van der Waals surface area (Å²) in [6.07, 6.45) is 8.46. The molecule has 5 heterocycles. The van der Waals surface area contributed by atoms with Crippen molar-refractivity contribution in [1.82, 2.24) is 29.4 Å². The van der Waals surface area contributed by atoms with Crippen molar-refractivity contribution >= 4 is 17.6 Å². The fourth-order valence-electron chi connectivity index (χ4n) is 5.91. The molecule has 2 aliphatic heterocycles. The van der Waals surface area contributed by atoms with Gasteiger partial charge >= 0.3 is 6.09 Å². The van der Waals surface area contributed by atoms with E-state index < -0.39 is 5.60 Å². The largest absolute Gasteiger partial charge is 0.474 e. The summed E-state index contributed by atoms with van der Waals surface area (Å²) in [5.74, 6) is 1.48. The molecule has 11 heteroatoms. The number of piperazine rings is 1. The summed E-state index contributed by atoms with van der Waals surface area (Å²) in [4.78, 5) is 29.0. The molecule has 3 aromatic heterocycles. The first-order valence-corrected chi connectivity index (χ1v) is 15.6. The summed E-state index contributed by atoms with van der Waals surface area (Å²) in [5, 5.41) is 4.52. The number of anilines is 1. The predicted molar refractivity (Wildman–Crippen MR) is 166 cm³/mol. The zero-order valence-corrected chi connectivity index (χ0v) is 25.2. The van der Waals surface area contributed by atoms with Crippen LogP contribution in [-0.4, -0.2) is 99.6 Å². The van der Waals surface area contributed by atoms with Crippen molar-refractivity contribution in [3.05, 3.63) is 72.7 Å². The molecule has 7 rings (SSSR count). The Kier molecular flexibility index (Phi) is 8.05. The third-order valence-electron chi connectivity index (χ3n) is 8.59. The van der Waals surface area contributed by atoms with E-state index in [0.717, 1.165) is 61.5 Å². The summed E-state index contributed by atoms with van der Waals surface area (Å²) in [6, 6.07) is 16.1. The van der Waals surface area contributed by atoms with Crippen LogP contribution >= 0.6 is 0 Å². The van der Waals surface area contributed by atoms with E-state index in [1.54, 1.807) is 10.7 Å². The zero-order chi connectivity index (χ0) is 29.9. The number of benzene rings is 1. The lowest BCUT2D eigenvalue weighted by molar-refractivity contribution is 0.00528. The zero-order valence-electron chi connectivity index (χ0n) is 25.2. The minimum absolute atomic E-state index is 0.240. The minimum Gasteiger partial charge on any atom is -0.474 e. The average Bonchev–Trinajstić information content (AvgIpc) is 3.65. The highest BCUT2D eigenvalue weighted by molar-refractivity contribution is 5.80. The van der Waals surface area contributed by atoms with Gasteiger partial charge < -0.3 is 24.0 Å². The van der Waals surface area contributed by atoms with Gasteiger partial charge in [0, 0.05) is 70.2 Å². The second kappa shape index (κ2) is 12.4. The molecule has 1 saturated carbocycles. The van der Waals surface area contributed by atoms with Gasteiger partial charge in [-0.25, -0.2) is 19.3 Å². The van der Waals surface area contributed by atoms with Crippen molar-refractivity contribution in [3.63, 3.8) is 0 Å². The van der Waals surface area contributed by atoms with Crippen LogP contribution in [0.4, 0.5) is 10.6 Å². The second-order valence-corrected chi connectivity index (χ2v) is 12.1. The van der Waals surface area contributed by atoms with E-state index in [-0.39, 0.29) is 12.2 Å². The van der Waals surface area contributed by atoms with Gasteiger partial charge in [0.2, 0.25) is 5.88 Å². The number of fused-ring (bicyclic) bond motifs is 1. The molecule has 44 heavy (non-hydrogen) atoms. The summed E-state index contributed by atoms with van der Waals surface area (Å²) in [6.45, 7) is 8.24. The Hall–Kier alpha value is -4.22. The first-order chi connectivity index (χ1) is 21.5. The third-order valence-corrected chi connectivity index (χ3v) is 8.59. The van der Waals surface area contributed by atoms with Crippen LogP contribution in [0.3, 0.4) is 0 Å². The van der Waals surface area contributed by atoms with Gasteiger partial charge in [-0.3, -0.25) is 4.90 Å². The third kappa shape index (κ3) is 6.48. The van der Waals surface area contributed by atoms with Crippen LogP contribution in [0.15, 0.2) is 67.1 Å². The van der Waals surface area contributed by atoms with Gasteiger partial charge in [0.1, 0.15) is 17.5 Å². The molecule has 0 N–H and O–H groups in total. The van der Waals surface area contributed by atoms with Gasteiger partial charge in [0.05, 0.1) is 25.0 Å². The summed E-state index contributed by atoms with van der Waals surface area (Å²) in [7, 11) is 0. The quantitative estimate of drug-likeness (QED) is 0.248. The van der Waals surface area contributed by atoms with E-state index in [1.165, 1.54) is 5.56 Å². The number of amides is 1. The Morgan fingerprint density at radius 2 is 1.84 bits per heavy atom. The van der Waals surface area contributed by atoms with Gasteiger partial charge in [0.15, 0.2) is 5.65 Å². The van der Waals surface area contributed by atoms with Crippen molar-refractivity contribution in [1.29, 1.82) is 0 Å².